The fourth-order valence-corrected chi connectivity index (χ4v) is 1.61. The van der Waals surface area contributed by atoms with E-state index in [2.05, 4.69) is 0 Å². The van der Waals surface area contributed by atoms with Gasteiger partial charge in [-0.05, 0) is 0 Å². The quantitative estimate of drug-likeness (QED) is 0.547. The molecule has 0 fully saturated rings. The molecule has 102 valence electrons. The van der Waals surface area contributed by atoms with Gasteiger partial charge >= 0.3 is 11.9 Å². The average Bonchev–Trinajstić information content (AvgIpc) is 2.27. The van der Waals surface area contributed by atoms with E-state index in [0.717, 1.165) is 4.90 Å². The molecular formula is C11H12N2O6. The number of para-hydroxylation sites is 1. The van der Waals surface area contributed by atoms with Crippen molar-refractivity contribution in [3.05, 3.63) is 39.9 Å². The maximum Gasteiger partial charge on any atom is 0.317 e. The van der Waals surface area contributed by atoms with Crippen molar-refractivity contribution in [3.63, 3.8) is 0 Å². The van der Waals surface area contributed by atoms with E-state index in [-0.39, 0.29) is 17.8 Å². The molecule has 0 heterocycles. The molecule has 1 aromatic carbocycles. The Labute approximate surface area is 108 Å². The number of hydrogen-bond donors (Lipinski definition) is 2. The normalized spacial score (nSPS) is 10.4. The molecule has 1 rings (SSSR count). The standard InChI is InChI=1S/C11H12N2O6/c14-10(15)6-12(7-11(16)17)5-8-3-1-2-4-9(8)13(18)19/h1-4H,5-7H2,(H,14,15)(H,16,17). The Morgan fingerprint density at radius 2 is 1.68 bits per heavy atom. The summed E-state index contributed by atoms with van der Waals surface area (Å²) in [6, 6.07) is 5.81. The minimum absolute atomic E-state index is 0.115. The van der Waals surface area contributed by atoms with Crippen LogP contribution in [0.4, 0.5) is 5.69 Å². The van der Waals surface area contributed by atoms with Crippen molar-refractivity contribution in [1.29, 1.82) is 0 Å². The van der Waals surface area contributed by atoms with Gasteiger partial charge in [0, 0.05) is 18.2 Å². The van der Waals surface area contributed by atoms with Gasteiger partial charge in [0.2, 0.25) is 0 Å². The highest BCUT2D eigenvalue weighted by atomic mass is 16.6. The van der Waals surface area contributed by atoms with E-state index in [4.69, 9.17) is 10.2 Å². The molecule has 19 heavy (non-hydrogen) atoms. The first kappa shape index (κ1) is 14.6. The summed E-state index contributed by atoms with van der Waals surface area (Å²) in [6.07, 6.45) is 0. The first-order valence-electron chi connectivity index (χ1n) is 5.28. The highest BCUT2D eigenvalue weighted by molar-refractivity contribution is 5.72. The number of rotatable bonds is 7. The lowest BCUT2D eigenvalue weighted by molar-refractivity contribution is -0.385. The minimum Gasteiger partial charge on any atom is -0.480 e. The van der Waals surface area contributed by atoms with Crippen LogP contribution in [-0.4, -0.2) is 45.1 Å². The van der Waals surface area contributed by atoms with Gasteiger partial charge in [0.05, 0.1) is 18.0 Å². The Bertz CT molecular complexity index is 486. The zero-order valence-electron chi connectivity index (χ0n) is 9.85. The molecule has 0 aliphatic heterocycles. The van der Waals surface area contributed by atoms with Gasteiger partial charge in [-0.2, -0.15) is 0 Å². The second kappa shape index (κ2) is 6.45. The number of benzene rings is 1. The highest BCUT2D eigenvalue weighted by Gasteiger charge is 2.19. The summed E-state index contributed by atoms with van der Waals surface area (Å²) in [5.41, 5.74) is 0.110. The third-order valence-electron chi connectivity index (χ3n) is 2.30. The van der Waals surface area contributed by atoms with Gasteiger partial charge in [-0.3, -0.25) is 24.6 Å². The topological polar surface area (TPSA) is 121 Å². The summed E-state index contributed by atoms with van der Waals surface area (Å²) in [6.45, 7) is -1.12. The van der Waals surface area contributed by atoms with E-state index in [1.807, 2.05) is 0 Å². The number of aliphatic carboxylic acids is 2. The molecule has 0 saturated heterocycles. The Morgan fingerprint density at radius 1 is 1.16 bits per heavy atom. The van der Waals surface area contributed by atoms with Gasteiger partial charge < -0.3 is 10.2 Å². The summed E-state index contributed by atoms with van der Waals surface area (Å²) in [7, 11) is 0. The number of carboxylic acids is 2. The third kappa shape index (κ3) is 4.72. The van der Waals surface area contributed by atoms with E-state index in [0.29, 0.717) is 0 Å². The van der Waals surface area contributed by atoms with Gasteiger partial charge in [-0.25, -0.2) is 0 Å². The van der Waals surface area contributed by atoms with Crippen molar-refractivity contribution in [2.75, 3.05) is 13.1 Å². The molecule has 0 radical (unpaired) electrons. The molecule has 0 atom stereocenters. The predicted octanol–water partition coefficient (Wildman–Crippen LogP) is 0.566. The van der Waals surface area contributed by atoms with Crippen LogP contribution in [0.25, 0.3) is 0 Å². The summed E-state index contributed by atoms with van der Waals surface area (Å²) < 4.78 is 0. The number of carboxylic acid groups (broad SMARTS) is 2. The van der Waals surface area contributed by atoms with E-state index in [1.165, 1.54) is 18.2 Å². The molecule has 0 bridgehead atoms. The predicted molar refractivity (Wildman–Crippen MR) is 63.6 cm³/mol. The van der Waals surface area contributed by atoms with Crippen molar-refractivity contribution in [1.82, 2.24) is 4.90 Å². The number of nitro benzene ring substituents is 1. The Morgan fingerprint density at radius 3 is 2.16 bits per heavy atom. The van der Waals surface area contributed by atoms with Gasteiger partial charge in [-0.15, -0.1) is 0 Å². The zero-order valence-corrected chi connectivity index (χ0v) is 9.85. The van der Waals surface area contributed by atoms with Crippen LogP contribution in [0.3, 0.4) is 0 Å². The monoisotopic (exact) mass is 268 g/mol. The summed E-state index contributed by atoms with van der Waals surface area (Å²) >= 11 is 0. The zero-order chi connectivity index (χ0) is 14.4. The van der Waals surface area contributed by atoms with Crippen LogP contribution < -0.4 is 0 Å². The molecule has 0 aliphatic rings. The fourth-order valence-electron chi connectivity index (χ4n) is 1.61. The van der Waals surface area contributed by atoms with Gasteiger partial charge in [-0.1, -0.05) is 18.2 Å². The van der Waals surface area contributed by atoms with E-state index < -0.39 is 30.0 Å². The van der Waals surface area contributed by atoms with Gasteiger partial charge in [0.1, 0.15) is 0 Å². The van der Waals surface area contributed by atoms with E-state index >= 15 is 0 Å². The van der Waals surface area contributed by atoms with Crippen LogP contribution in [0.2, 0.25) is 0 Å². The molecule has 0 amide bonds. The van der Waals surface area contributed by atoms with Gasteiger partial charge in [0.15, 0.2) is 0 Å². The molecule has 0 unspecified atom stereocenters. The molecule has 8 nitrogen and oxygen atoms in total. The average molecular weight is 268 g/mol. The summed E-state index contributed by atoms with van der Waals surface area (Å²) in [5, 5.41) is 28.2. The first-order valence-corrected chi connectivity index (χ1v) is 5.28. The lowest BCUT2D eigenvalue weighted by Gasteiger charge is -2.17. The maximum atomic E-state index is 10.8. The second-order valence-corrected chi connectivity index (χ2v) is 3.82. The summed E-state index contributed by atoms with van der Waals surface area (Å²) in [4.78, 5) is 32.6. The largest absolute Gasteiger partial charge is 0.480 e. The number of nitro groups is 1. The van der Waals surface area contributed by atoms with Crippen molar-refractivity contribution in [2.24, 2.45) is 0 Å². The first-order chi connectivity index (χ1) is 8.90. The van der Waals surface area contributed by atoms with Crippen LogP contribution >= 0.6 is 0 Å². The lowest BCUT2D eigenvalue weighted by Crippen LogP contribution is -2.34. The van der Waals surface area contributed by atoms with E-state index in [9.17, 15) is 19.7 Å². The molecule has 0 saturated carbocycles. The third-order valence-corrected chi connectivity index (χ3v) is 2.30. The molecule has 8 heteroatoms. The molecular weight excluding hydrogens is 256 g/mol. The van der Waals surface area contributed by atoms with Crippen molar-refractivity contribution < 1.29 is 24.7 Å². The molecule has 0 aliphatic carbocycles. The molecule has 1 aromatic rings. The second-order valence-electron chi connectivity index (χ2n) is 3.82. The van der Waals surface area contributed by atoms with Crippen molar-refractivity contribution in [3.8, 4) is 0 Å². The number of hydrogen-bond acceptors (Lipinski definition) is 5. The van der Waals surface area contributed by atoms with Crippen molar-refractivity contribution in [2.45, 2.75) is 6.54 Å². The molecule has 0 spiro atoms. The Balaban J connectivity index is 2.92. The van der Waals surface area contributed by atoms with Crippen molar-refractivity contribution >= 4 is 17.6 Å². The van der Waals surface area contributed by atoms with Crippen LogP contribution in [0.1, 0.15) is 5.56 Å². The molecule has 2 N–H and O–H groups in total. The maximum absolute atomic E-state index is 10.8. The summed E-state index contributed by atoms with van der Waals surface area (Å²) in [5.74, 6) is -2.39. The minimum atomic E-state index is -1.19. The number of nitrogens with zero attached hydrogens (tertiary/aromatic N) is 2. The van der Waals surface area contributed by atoms with E-state index in [1.54, 1.807) is 6.07 Å². The SMILES string of the molecule is O=C(O)CN(CC(=O)O)Cc1ccccc1[N+](=O)[O-]. The van der Waals surface area contributed by atoms with Crippen LogP contribution in [0.15, 0.2) is 24.3 Å². The fraction of sp³-hybridized carbons (Fsp3) is 0.273. The van der Waals surface area contributed by atoms with Crippen LogP contribution in [-0.2, 0) is 16.1 Å². The van der Waals surface area contributed by atoms with Crippen LogP contribution in [0, 0.1) is 10.1 Å². The smallest absolute Gasteiger partial charge is 0.317 e. The Kier molecular flexibility index (Phi) is 4.95. The highest BCUT2D eigenvalue weighted by Crippen LogP contribution is 2.19. The lowest BCUT2D eigenvalue weighted by atomic mass is 10.1. The van der Waals surface area contributed by atoms with Gasteiger partial charge in [0.25, 0.3) is 5.69 Å². The Hall–Kier alpha value is -2.48. The molecule has 0 aromatic heterocycles. The van der Waals surface area contributed by atoms with Crippen LogP contribution in [0.5, 0.6) is 0 Å². The number of carbonyl (C=O) groups is 2.